The molecule has 10 nitrogen and oxygen atoms in total. The van der Waals surface area contributed by atoms with E-state index in [-0.39, 0.29) is 18.9 Å². The maximum absolute atomic E-state index is 12.5. The van der Waals surface area contributed by atoms with Gasteiger partial charge in [0.15, 0.2) is 0 Å². The van der Waals surface area contributed by atoms with E-state index in [0.29, 0.717) is 22.4 Å². The first-order valence-corrected chi connectivity index (χ1v) is 10.2. The van der Waals surface area contributed by atoms with E-state index in [2.05, 4.69) is 27.8 Å². The van der Waals surface area contributed by atoms with Gasteiger partial charge in [0, 0.05) is 11.4 Å². The molecule has 0 bridgehead atoms. The Morgan fingerprint density at radius 2 is 1.53 bits per heavy atom. The van der Waals surface area contributed by atoms with Gasteiger partial charge >= 0.3 is 24.0 Å². The van der Waals surface area contributed by atoms with Crippen LogP contribution in [-0.4, -0.2) is 37.2 Å². The summed E-state index contributed by atoms with van der Waals surface area (Å²) in [5.41, 5.74) is 2.23. The molecule has 0 radical (unpaired) electrons. The van der Waals surface area contributed by atoms with Crippen LogP contribution >= 0.6 is 0 Å². The summed E-state index contributed by atoms with van der Waals surface area (Å²) < 4.78 is 10.3. The highest BCUT2D eigenvalue weighted by Crippen LogP contribution is 2.33. The first-order chi connectivity index (χ1) is 15.3. The second-order valence-corrected chi connectivity index (χ2v) is 7.29. The predicted molar refractivity (Wildman–Crippen MR) is 114 cm³/mol. The van der Waals surface area contributed by atoms with Gasteiger partial charge in [0.2, 0.25) is 0 Å². The summed E-state index contributed by atoms with van der Waals surface area (Å²) in [6.07, 6.45) is 0. The highest BCUT2D eigenvalue weighted by Gasteiger charge is 2.39. The standard InChI is InChI=1S/C22H26N4O6/c1-5-31-19(27)15-11(3)23-21(29)25-17(15)13-7-9-14(10-8-13)18-16(20(28)32-6-2)12(4)24-22(30)26-18/h7-10,15,17-18H,3,5-6H2,1-2,4H3,(H2,23,25,29)(H2,24,26,30). The van der Waals surface area contributed by atoms with Crippen molar-refractivity contribution in [1.29, 1.82) is 0 Å². The van der Waals surface area contributed by atoms with Crippen LogP contribution in [-0.2, 0) is 19.1 Å². The monoisotopic (exact) mass is 442 g/mol. The van der Waals surface area contributed by atoms with Gasteiger partial charge in [0.1, 0.15) is 5.92 Å². The van der Waals surface area contributed by atoms with Gasteiger partial charge in [0.05, 0.1) is 30.9 Å². The molecular weight excluding hydrogens is 416 g/mol. The summed E-state index contributed by atoms with van der Waals surface area (Å²) in [5, 5.41) is 10.6. The molecule has 32 heavy (non-hydrogen) atoms. The number of carbonyl (C=O) groups excluding carboxylic acids is 4. The molecule has 3 atom stereocenters. The third-order valence-corrected chi connectivity index (χ3v) is 5.20. The summed E-state index contributed by atoms with van der Waals surface area (Å²) in [6.45, 7) is 9.22. The fourth-order valence-corrected chi connectivity index (χ4v) is 3.79. The largest absolute Gasteiger partial charge is 0.465 e. The molecule has 2 heterocycles. The van der Waals surface area contributed by atoms with E-state index in [1.807, 2.05) is 0 Å². The van der Waals surface area contributed by atoms with E-state index in [9.17, 15) is 19.2 Å². The van der Waals surface area contributed by atoms with Crippen molar-refractivity contribution >= 4 is 24.0 Å². The first-order valence-electron chi connectivity index (χ1n) is 10.2. The Kier molecular flexibility index (Phi) is 6.82. The number of urea groups is 2. The molecule has 1 saturated heterocycles. The smallest absolute Gasteiger partial charge is 0.338 e. The molecule has 3 rings (SSSR count). The van der Waals surface area contributed by atoms with Crippen molar-refractivity contribution in [2.24, 2.45) is 5.92 Å². The number of hydrogen-bond acceptors (Lipinski definition) is 6. The number of esters is 2. The van der Waals surface area contributed by atoms with E-state index in [0.717, 1.165) is 0 Å². The molecule has 0 aliphatic carbocycles. The Bertz CT molecular complexity index is 985. The Balaban J connectivity index is 1.93. The SMILES string of the molecule is C=C1NC(=O)NC(c2ccc(C3NC(=O)NC(C)=C3C(=O)OCC)cc2)C1C(=O)OCC. The van der Waals surface area contributed by atoms with Crippen molar-refractivity contribution in [2.75, 3.05) is 13.2 Å². The van der Waals surface area contributed by atoms with E-state index in [4.69, 9.17) is 9.47 Å². The van der Waals surface area contributed by atoms with Crippen LogP contribution in [0.25, 0.3) is 0 Å². The fourth-order valence-electron chi connectivity index (χ4n) is 3.79. The average Bonchev–Trinajstić information content (AvgIpc) is 2.73. The van der Waals surface area contributed by atoms with Crippen LogP contribution in [0.1, 0.15) is 44.0 Å². The fraction of sp³-hybridized carbons (Fsp3) is 0.364. The predicted octanol–water partition coefficient (Wildman–Crippen LogP) is 1.92. The zero-order chi connectivity index (χ0) is 23.4. The van der Waals surface area contributed by atoms with E-state index in [1.54, 1.807) is 45.0 Å². The Hall–Kier alpha value is -3.82. The molecule has 0 aromatic heterocycles. The van der Waals surface area contributed by atoms with Crippen molar-refractivity contribution in [2.45, 2.75) is 32.9 Å². The maximum atomic E-state index is 12.5. The number of rotatable bonds is 6. The zero-order valence-corrected chi connectivity index (χ0v) is 18.1. The minimum absolute atomic E-state index is 0.194. The minimum atomic E-state index is -0.811. The van der Waals surface area contributed by atoms with Crippen LogP contribution < -0.4 is 21.3 Å². The Labute approximate surface area is 185 Å². The van der Waals surface area contributed by atoms with Gasteiger partial charge in [-0.05, 0) is 31.9 Å². The molecule has 10 heteroatoms. The lowest BCUT2D eigenvalue weighted by molar-refractivity contribution is -0.148. The Morgan fingerprint density at radius 1 is 0.938 bits per heavy atom. The zero-order valence-electron chi connectivity index (χ0n) is 18.1. The van der Waals surface area contributed by atoms with Crippen molar-refractivity contribution in [3.8, 4) is 0 Å². The van der Waals surface area contributed by atoms with Gasteiger partial charge in [-0.15, -0.1) is 0 Å². The summed E-state index contributed by atoms with van der Waals surface area (Å²) in [6, 6.07) is 4.57. The van der Waals surface area contributed by atoms with Gasteiger partial charge in [-0.25, -0.2) is 14.4 Å². The highest BCUT2D eigenvalue weighted by atomic mass is 16.5. The van der Waals surface area contributed by atoms with Gasteiger partial charge in [-0.3, -0.25) is 4.79 Å². The van der Waals surface area contributed by atoms with Crippen molar-refractivity contribution in [3.63, 3.8) is 0 Å². The van der Waals surface area contributed by atoms with E-state index in [1.165, 1.54) is 0 Å². The first kappa shape index (κ1) is 22.9. The number of hydrogen-bond donors (Lipinski definition) is 4. The second kappa shape index (κ2) is 9.54. The third kappa shape index (κ3) is 4.58. The average molecular weight is 442 g/mol. The van der Waals surface area contributed by atoms with Crippen molar-refractivity contribution < 1.29 is 28.7 Å². The van der Waals surface area contributed by atoms with Crippen LogP contribution in [0.15, 0.2) is 47.8 Å². The number of carbonyl (C=O) groups is 4. The summed E-state index contributed by atoms with van der Waals surface area (Å²) in [4.78, 5) is 49.0. The van der Waals surface area contributed by atoms with Crippen molar-refractivity contribution in [1.82, 2.24) is 21.3 Å². The maximum Gasteiger partial charge on any atom is 0.338 e. The molecule has 2 aliphatic heterocycles. The topological polar surface area (TPSA) is 135 Å². The van der Waals surface area contributed by atoms with Gasteiger partial charge < -0.3 is 30.7 Å². The Morgan fingerprint density at radius 3 is 2.16 bits per heavy atom. The molecule has 0 saturated carbocycles. The van der Waals surface area contributed by atoms with E-state index >= 15 is 0 Å². The molecule has 170 valence electrons. The molecule has 1 fully saturated rings. The molecule has 2 aliphatic rings. The quantitative estimate of drug-likeness (QED) is 0.497. The second-order valence-electron chi connectivity index (χ2n) is 7.29. The minimum Gasteiger partial charge on any atom is -0.465 e. The van der Waals surface area contributed by atoms with Crippen LogP contribution in [0, 0.1) is 5.92 Å². The normalized spacial score (nSPS) is 22.8. The van der Waals surface area contributed by atoms with Crippen LogP contribution in [0.2, 0.25) is 0 Å². The number of benzene rings is 1. The van der Waals surface area contributed by atoms with Gasteiger partial charge in [-0.2, -0.15) is 0 Å². The van der Waals surface area contributed by atoms with Gasteiger partial charge in [-0.1, -0.05) is 30.8 Å². The van der Waals surface area contributed by atoms with Crippen LogP contribution in [0.3, 0.4) is 0 Å². The lowest BCUT2D eigenvalue weighted by Crippen LogP contribution is -2.51. The summed E-state index contributed by atoms with van der Waals surface area (Å²) in [7, 11) is 0. The number of ether oxygens (including phenoxy) is 2. The van der Waals surface area contributed by atoms with Crippen molar-refractivity contribution in [3.05, 3.63) is 58.9 Å². The number of amides is 4. The molecule has 4 amide bonds. The van der Waals surface area contributed by atoms with Crippen LogP contribution in [0.5, 0.6) is 0 Å². The molecule has 4 N–H and O–H groups in total. The lowest BCUT2D eigenvalue weighted by atomic mass is 9.87. The highest BCUT2D eigenvalue weighted by molar-refractivity contribution is 5.95. The van der Waals surface area contributed by atoms with Crippen LogP contribution in [0.4, 0.5) is 9.59 Å². The summed E-state index contributed by atoms with van der Waals surface area (Å²) >= 11 is 0. The molecular formula is C22H26N4O6. The summed E-state index contributed by atoms with van der Waals surface area (Å²) in [5.74, 6) is -1.85. The molecule has 1 aromatic rings. The van der Waals surface area contributed by atoms with Gasteiger partial charge in [0.25, 0.3) is 0 Å². The molecule has 3 unspecified atom stereocenters. The molecule has 1 aromatic carbocycles. The lowest BCUT2D eigenvalue weighted by Gasteiger charge is -2.33. The van der Waals surface area contributed by atoms with E-state index < -0.39 is 42.0 Å². The molecule has 0 spiro atoms. The number of nitrogens with one attached hydrogen (secondary N) is 4. The number of allylic oxidation sites excluding steroid dienone is 1. The third-order valence-electron chi connectivity index (χ3n) is 5.20.